The maximum absolute atomic E-state index is 9.43. The number of hydrogen-bond acceptors (Lipinski definition) is 3. The number of hydrogen-bond donors (Lipinski definition) is 2. The molecule has 1 heterocycles. The summed E-state index contributed by atoms with van der Waals surface area (Å²) in [4.78, 5) is 4.00. The molecule has 1 aromatic heterocycles. The largest absolute Gasteiger partial charge is 0.488 e. The third-order valence-corrected chi connectivity index (χ3v) is 3.13. The molecule has 0 aliphatic heterocycles. The standard InChI is InChI=1S/C15H18BNO2/c1-15(2,3)13-8-12(9-14(10-13)16(18)19)11-4-6-17-7-5-11/h4-10,18-19H,1-3H3. The molecule has 0 atom stereocenters. The molecule has 1 aromatic carbocycles. The summed E-state index contributed by atoms with van der Waals surface area (Å²) in [7, 11) is -1.46. The maximum Gasteiger partial charge on any atom is 0.488 e. The third-order valence-electron chi connectivity index (χ3n) is 3.13. The fourth-order valence-electron chi connectivity index (χ4n) is 1.94. The molecule has 2 rings (SSSR count). The Labute approximate surface area is 114 Å². The summed E-state index contributed by atoms with van der Waals surface area (Å²) < 4.78 is 0. The SMILES string of the molecule is CC(C)(C)c1cc(B(O)O)cc(-c2ccncc2)c1. The summed E-state index contributed by atoms with van der Waals surface area (Å²) >= 11 is 0. The Morgan fingerprint density at radius 3 is 2.11 bits per heavy atom. The van der Waals surface area contributed by atoms with Gasteiger partial charge in [-0.2, -0.15) is 0 Å². The molecule has 0 saturated carbocycles. The molecule has 0 aliphatic rings. The van der Waals surface area contributed by atoms with Crippen LogP contribution in [0.4, 0.5) is 0 Å². The smallest absolute Gasteiger partial charge is 0.423 e. The van der Waals surface area contributed by atoms with Crippen molar-refractivity contribution >= 4 is 12.6 Å². The minimum atomic E-state index is -1.46. The van der Waals surface area contributed by atoms with E-state index in [2.05, 4.69) is 31.8 Å². The molecule has 2 N–H and O–H groups in total. The Morgan fingerprint density at radius 1 is 0.947 bits per heavy atom. The first-order chi connectivity index (χ1) is 8.88. The zero-order chi connectivity index (χ0) is 14.0. The van der Waals surface area contributed by atoms with Gasteiger partial charge in [0, 0.05) is 12.4 Å². The maximum atomic E-state index is 9.43. The Bertz CT molecular complexity index is 562. The molecule has 2 aromatic rings. The lowest BCUT2D eigenvalue weighted by atomic mass is 9.74. The summed E-state index contributed by atoms with van der Waals surface area (Å²) in [6.07, 6.45) is 3.46. The fraction of sp³-hybridized carbons (Fsp3) is 0.267. The van der Waals surface area contributed by atoms with Gasteiger partial charge in [-0.1, -0.05) is 39.0 Å². The van der Waals surface area contributed by atoms with Crippen LogP contribution in [0.1, 0.15) is 26.3 Å². The van der Waals surface area contributed by atoms with Gasteiger partial charge in [0.05, 0.1) is 0 Å². The molecule has 0 aliphatic carbocycles. The summed E-state index contributed by atoms with van der Waals surface area (Å²) in [6.45, 7) is 6.31. The van der Waals surface area contributed by atoms with E-state index in [4.69, 9.17) is 0 Å². The first kappa shape index (κ1) is 13.8. The van der Waals surface area contributed by atoms with Crippen molar-refractivity contribution in [1.82, 2.24) is 4.98 Å². The van der Waals surface area contributed by atoms with Crippen molar-refractivity contribution in [3.05, 3.63) is 48.3 Å². The topological polar surface area (TPSA) is 53.4 Å². The summed E-state index contributed by atoms with van der Waals surface area (Å²) in [5.74, 6) is 0. The Morgan fingerprint density at radius 2 is 1.58 bits per heavy atom. The Kier molecular flexibility index (Phi) is 3.74. The van der Waals surface area contributed by atoms with Crippen LogP contribution in [0.2, 0.25) is 0 Å². The molecule has 0 saturated heterocycles. The molecule has 0 fully saturated rings. The van der Waals surface area contributed by atoms with Gasteiger partial charge >= 0.3 is 7.12 Å². The van der Waals surface area contributed by atoms with Crippen LogP contribution in [-0.4, -0.2) is 22.2 Å². The molecule has 4 heteroatoms. The van der Waals surface area contributed by atoms with Crippen LogP contribution in [-0.2, 0) is 5.41 Å². The highest BCUT2D eigenvalue weighted by Crippen LogP contribution is 2.26. The number of pyridine rings is 1. The van der Waals surface area contributed by atoms with Crippen LogP contribution < -0.4 is 5.46 Å². The molecular formula is C15H18BNO2. The molecule has 0 unspecified atom stereocenters. The van der Waals surface area contributed by atoms with Crippen molar-refractivity contribution < 1.29 is 10.0 Å². The summed E-state index contributed by atoms with van der Waals surface area (Å²) in [5, 5.41) is 18.9. The highest BCUT2D eigenvalue weighted by atomic mass is 16.4. The highest BCUT2D eigenvalue weighted by Gasteiger charge is 2.19. The molecule has 0 spiro atoms. The highest BCUT2D eigenvalue weighted by molar-refractivity contribution is 6.58. The van der Waals surface area contributed by atoms with E-state index < -0.39 is 7.12 Å². The van der Waals surface area contributed by atoms with Crippen LogP contribution in [0.25, 0.3) is 11.1 Å². The molecule has 0 radical (unpaired) electrons. The van der Waals surface area contributed by atoms with Crippen molar-refractivity contribution in [2.24, 2.45) is 0 Å². The van der Waals surface area contributed by atoms with Gasteiger partial charge in [0.1, 0.15) is 0 Å². The second-order valence-corrected chi connectivity index (χ2v) is 5.70. The second-order valence-electron chi connectivity index (χ2n) is 5.70. The fourth-order valence-corrected chi connectivity index (χ4v) is 1.94. The van der Waals surface area contributed by atoms with Crippen molar-refractivity contribution in [3.63, 3.8) is 0 Å². The minimum absolute atomic E-state index is 0.0489. The van der Waals surface area contributed by atoms with Crippen molar-refractivity contribution in [1.29, 1.82) is 0 Å². The second kappa shape index (κ2) is 5.15. The lowest BCUT2D eigenvalue weighted by molar-refractivity contribution is 0.425. The van der Waals surface area contributed by atoms with Crippen LogP contribution in [0, 0.1) is 0 Å². The number of rotatable bonds is 2. The molecule has 0 amide bonds. The van der Waals surface area contributed by atoms with E-state index in [1.54, 1.807) is 18.5 Å². The van der Waals surface area contributed by atoms with E-state index in [1.807, 2.05) is 18.2 Å². The lowest BCUT2D eigenvalue weighted by Crippen LogP contribution is -2.31. The number of benzene rings is 1. The summed E-state index contributed by atoms with van der Waals surface area (Å²) in [6, 6.07) is 9.55. The zero-order valence-corrected chi connectivity index (χ0v) is 11.5. The molecule has 0 bridgehead atoms. The van der Waals surface area contributed by atoms with Crippen LogP contribution in [0.15, 0.2) is 42.7 Å². The zero-order valence-electron chi connectivity index (χ0n) is 11.5. The molecule has 19 heavy (non-hydrogen) atoms. The number of nitrogens with zero attached hydrogens (tertiary/aromatic N) is 1. The van der Waals surface area contributed by atoms with Crippen molar-refractivity contribution in [2.75, 3.05) is 0 Å². The van der Waals surface area contributed by atoms with E-state index >= 15 is 0 Å². The normalized spacial score (nSPS) is 11.4. The monoisotopic (exact) mass is 255 g/mol. The van der Waals surface area contributed by atoms with Crippen LogP contribution in [0.3, 0.4) is 0 Å². The van der Waals surface area contributed by atoms with Gasteiger partial charge < -0.3 is 10.0 Å². The Balaban J connectivity index is 2.59. The first-order valence-corrected chi connectivity index (χ1v) is 6.30. The predicted molar refractivity (Wildman–Crippen MR) is 78.2 cm³/mol. The van der Waals surface area contributed by atoms with Gasteiger partial charge in [-0.25, -0.2) is 0 Å². The molecule has 3 nitrogen and oxygen atoms in total. The van der Waals surface area contributed by atoms with E-state index in [-0.39, 0.29) is 5.41 Å². The summed E-state index contributed by atoms with van der Waals surface area (Å²) in [5.41, 5.74) is 3.53. The van der Waals surface area contributed by atoms with Gasteiger partial charge in [0.2, 0.25) is 0 Å². The van der Waals surface area contributed by atoms with E-state index in [1.165, 1.54) is 0 Å². The van der Waals surface area contributed by atoms with Gasteiger partial charge in [-0.15, -0.1) is 0 Å². The van der Waals surface area contributed by atoms with Gasteiger partial charge in [0.25, 0.3) is 0 Å². The van der Waals surface area contributed by atoms with Crippen molar-refractivity contribution in [3.8, 4) is 11.1 Å². The molecular weight excluding hydrogens is 237 g/mol. The molecule has 98 valence electrons. The number of aromatic nitrogens is 1. The van der Waals surface area contributed by atoms with E-state index in [0.717, 1.165) is 16.7 Å². The quantitative estimate of drug-likeness (QED) is 0.803. The average molecular weight is 255 g/mol. The Hall–Kier alpha value is -1.65. The van der Waals surface area contributed by atoms with E-state index in [9.17, 15) is 10.0 Å². The lowest BCUT2D eigenvalue weighted by Gasteiger charge is -2.21. The third kappa shape index (κ3) is 3.22. The predicted octanol–water partition coefficient (Wildman–Crippen LogP) is 1.73. The van der Waals surface area contributed by atoms with Gasteiger partial charge in [0.15, 0.2) is 0 Å². The van der Waals surface area contributed by atoms with Gasteiger partial charge in [-0.05, 0) is 39.7 Å². The van der Waals surface area contributed by atoms with E-state index in [0.29, 0.717) is 5.46 Å². The minimum Gasteiger partial charge on any atom is -0.423 e. The van der Waals surface area contributed by atoms with Gasteiger partial charge in [-0.3, -0.25) is 4.98 Å². The average Bonchev–Trinajstić information content (AvgIpc) is 2.38. The van der Waals surface area contributed by atoms with Crippen LogP contribution in [0.5, 0.6) is 0 Å². The first-order valence-electron chi connectivity index (χ1n) is 6.30. The van der Waals surface area contributed by atoms with Crippen LogP contribution >= 0.6 is 0 Å². The van der Waals surface area contributed by atoms with Crippen molar-refractivity contribution in [2.45, 2.75) is 26.2 Å².